The van der Waals surface area contributed by atoms with Crippen LogP contribution in [-0.2, 0) is 0 Å². The third kappa shape index (κ3) is 2.56. The van der Waals surface area contributed by atoms with Gasteiger partial charge < -0.3 is 9.84 Å². The van der Waals surface area contributed by atoms with Crippen molar-refractivity contribution in [3.8, 4) is 5.75 Å². The van der Waals surface area contributed by atoms with Crippen molar-refractivity contribution in [3.63, 3.8) is 0 Å². The Morgan fingerprint density at radius 1 is 1.54 bits per heavy atom. The normalized spacial score (nSPS) is 10.7. The van der Waals surface area contributed by atoms with E-state index in [-0.39, 0.29) is 18.2 Å². The molecule has 0 saturated heterocycles. The van der Waals surface area contributed by atoms with E-state index in [0.29, 0.717) is 0 Å². The van der Waals surface area contributed by atoms with E-state index in [1.54, 1.807) is 24.3 Å². The highest BCUT2D eigenvalue weighted by molar-refractivity contribution is 5.52. The summed E-state index contributed by atoms with van der Waals surface area (Å²) in [4.78, 5) is 0. The zero-order valence-electron chi connectivity index (χ0n) is 7.33. The molecule has 0 amide bonds. The van der Waals surface area contributed by atoms with E-state index in [1.807, 2.05) is 0 Å². The maximum absolute atomic E-state index is 12.9. The van der Waals surface area contributed by atoms with Gasteiger partial charge in [-0.25, -0.2) is 4.39 Å². The van der Waals surface area contributed by atoms with Crippen LogP contribution in [0, 0.1) is 5.82 Å². The highest BCUT2D eigenvalue weighted by Crippen LogP contribution is 2.18. The highest BCUT2D eigenvalue weighted by atomic mass is 19.1. The molecule has 0 atom stereocenters. The number of aliphatic hydroxyl groups is 1. The lowest BCUT2D eigenvalue weighted by atomic mass is 10.2. The number of rotatable bonds is 3. The van der Waals surface area contributed by atoms with Crippen LogP contribution in [0.2, 0.25) is 0 Å². The highest BCUT2D eigenvalue weighted by Gasteiger charge is 2.00. The summed E-state index contributed by atoms with van der Waals surface area (Å²) in [5.41, 5.74) is 0.798. The lowest BCUT2D eigenvalue weighted by Gasteiger charge is -2.01. The Labute approximate surface area is 76.3 Å². The quantitative estimate of drug-likeness (QED) is 0.772. The molecule has 0 bridgehead atoms. The standard InChI is InChI=1S/C10H11FO2/c1-13-10-7-8(3-2-6-12)4-5-9(10)11/h2-5,7,12H,6H2,1H3. The van der Waals surface area contributed by atoms with E-state index in [9.17, 15) is 4.39 Å². The van der Waals surface area contributed by atoms with Crippen molar-refractivity contribution < 1.29 is 14.2 Å². The molecule has 0 radical (unpaired) electrons. The largest absolute Gasteiger partial charge is 0.494 e. The monoisotopic (exact) mass is 182 g/mol. The zero-order valence-corrected chi connectivity index (χ0v) is 7.33. The predicted molar refractivity (Wildman–Crippen MR) is 49.1 cm³/mol. The van der Waals surface area contributed by atoms with Gasteiger partial charge in [0.05, 0.1) is 13.7 Å². The van der Waals surface area contributed by atoms with Gasteiger partial charge in [0.15, 0.2) is 11.6 Å². The Bertz CT molecular complexity index is 308. The second kappa shape index (κ2) is 4.62. The number of benzene rings is 1. The first-order valence-corrected chi connectivity index (χ1v) is 3.89. The van der Waals surface area contributed by atoms with Crippen molar-refractivity contribution in [2.45, 2.75) is 0 Å². The van der Waals surface area contributed by atoms with Gasteiger partial charge in [0.2, 0.25) is 0 Å². The van der Waals surface area contributed by atoms with Crippen LogP contribution in [0.15, 0.2) is 24.3 Å². The Kier molecular flexibility index (Phi) is 3.46. The SMILES string of the molecule is COc1cc(C=CCO)ccc1F. The van der Waals surface area contributed by atoms with Gasteiger partial charge >= 0.3 is 0 Å². The molecule has 0 heterocycles. The van der Waals surface area contributed by atoms with E-state index in [4.69, 9.17) is 9.84 Å². The van der Waals surface area contributed by atoms with Crippen LogP contribution in [0.3, 0.4) is 0 Å². The molecule has 0 aliphatic carbocycles. The van der Waals surface area contributed by atoms with E-state index < -0.39 is 0 Å². The van der Waals surface area contributed by atoms with Gasteiger partial charge in [-0.2, -0.15) is 0 Å². The fourth-order valence-electron chi connectivity index (χ4n) is 0.969. The number of methoxy groups -OCH3 is 1. The summed E-state index contributed by atoms with van der Waals surface area (Å²) in [7, 11) is 1.41. The number of halogens is 1. The lowest BCUT2D eigenvalue weighted by Crippen LogP contribution is -1.88. The molecular formula is C10H11FO2. The van der Waals surface area contributed by atoms with E-state index in [1.165, 1.54) is 13.2 Å². The topological polar surface area (TPSA) is 29.5 Å². The van der Waals surface area contributed by atoms with Gasteiger partial charge in [-0.3, -0.25) is 0 Å². The molecule has 0 aliphatic heterocycles. The molecule has 1 aromatic rings. The van der Waals surface area contributed by atoms with Gasteiger partial charge in [0.1, 0.15) is 0 Å². The van der Waals surface area contributed by atoms with Crippen molar-refractivity contribution >= 4 is 6.08 Å². The Balaban J connectivity index is 2.92. The molecule has 0 unspecified atom stereocenters. The molecule has 0 spiro atoms. The first-order valence-electron chi connectivity index (χ1n) is 3.89. The first-order chi connectivity index (χ1) is 6.27. The van der Waals surface area contributed by atoms with Crippen molar-refractivity contribution in [2.24, 2.45) is 0 Å². The maximum atomic E-state index is 12.9. The molecule has 0 aromatic heterocycles. The van der Waals surface area contributed by atoms with Crippen LogP contribution < -0.4 is 4.74 Å². The molecule has 1 rings (SSSR count). The zero-order chi connectivity index (χ0) is 9.68. The molecule has 3 heteroatoms. The van der Waals surface area contributed by atoms with Gasteiger partial charge in [0, 0.05) is 0 Å². The van der Waals surface area contributed by atoms with E-state index >= 15 is 0 Å². The Morgan fingerprint density at radius 2 is 2.31 bits per heavy atom. The molecular weight excluding hydrogens is 171 g/mol. The summed E-state index contributed by atoms with van der Waals surface area (Å²) in [6, 6.07) is 4.52. The summed E-state index contributed by atoms with van der Waals surface area (Å²) in [5.74, 6) is -0.177. The molecule has 1 aromatic carbocycles. The molecule has 0 aliphatic rings. The van der Waals surface area contributed by atoms with Crippen molar-refractivity contribution in [2.75, 3.05) is 13.7 Å². The van der Waals surface area contributed by atoms with E-state index in [2.05, 4.69) is 0 Å². The van der Waals surface area contributed by atoms with Gasteiger partial charge in [-0.05, 0) is 17.7 Å². The minimum atomic E-state index is -0.386. The summed E-state index contributed by atoms with van der Waals surface area (Å²) in [6.07, 6.45) is 3.27. The second-order valence-corrected chi connectivity index (χ2v) is 2.48. The van der Waals surface area contributed by atoms with E-state index in [0.717, 1.165) is 5.56 Å². The van der Waals surface area contributed by atoms with Crippen molar-refractivity contribution in [1.82, 2.24) is 0 Å². The van der Waals surface area contributed by atoms with Crippen LogP contribution in [-0.4, -0.2) is 18.8 Å². The predicted octanol–water partition coefficient (Wildman–Crippen LogP) is 1.84. The maximum Gasteiger partial charge on any atom is 0.165 e. The fraction of sp³-hybridized carbons (Fsp3) is 0.200. The summed E-state index contributed by atoms with van der Waals surface area (Å²) >= 11 is 0. The summed E-state index contributed by atoms with van der Waals surface area (Å²) in [5, 5.41) is 8.52. The lowest BCUT2D eigenvalue weighted by molar-refractivity contribution is 0.343. The second-order valence-electron chi connectivity index (χ2n) is 2.48. The van der Waals surface area contributed by atoms with Crippen molar-refractivity contribution in [3.05, 3.63) is 35.7 Å². The fourth-order valence-corrected chi connectivity index (χ4v) is 0.969. The molecule has 2 nitrogen and oxygen atoms in total. The third-order valence-corrected chi connectivity index (χ3v) is 1.59. The number of ether oxygens (including phenoxy) is 1. The number of hydrogen-bond acceptors (Lipinski definition) is 2. The third-order valence-electron chi connectivity index (χ3n) is 1.59. The van der Waals surface area contributed by atoms with Gasteiger partial charge in [-0.1, -0.05) is 18.2 Å². The molecule has 0 saturated carbocycles. The van der Waals surface area contributed by atoms with Crippen molar-refractivity contribution in [1.29, 1.82) is 0 Å². The van der Waals surface area contributed by atoms with Crippen LogP contribution in [0.1, 0.15) is 5.56 Å². The first kappa shape index (κ1) is 9.74. The Hall–Kier alpha value is -1.35. The minimum Gasteiger partial charge on any atom is -0.494 e. The van der Waals surface area contributed by atoms with Gasteiger partial charge in [0.25, 0.3) is 0 Å². The number of hydrogen-bond donors (Lipinski definition) is 1. The van der Waals surface area contributed by atoms with Crippen LogP contribution in [0.4, 0.5) is 4.39 Å². The van der Waals surface area contributed by atoms with Crippen LogP contribution in [0.25, 0.3) is 6.08 Å². The van der Waals surface area contributed by atoms with Crippen LogP contribution >= 0.6 is 0 Å². The molecule has 0 fully saturated rings. The smallest absolute Gasteiger partial charge is 0.165 e. The molecule has 70 valence electrons. The Morgan fingerprint density at radius 3 is 2.92 bits per heavy atom. The summed E-state index contributed by atoms with van der Waals surface area (Å²) < 4.78 is 17.7. The minimum absolute atomic E-state index is 0.0281. The average molecular weight is 182 g/mol. The average Bonchev–Trinajstić information content (AvgIpc) is 2.16. The number of aliphatic hydroxyl groups excluding tert-OH is 1. The molecule has 13 heavy (non-hydrogen) atoms. The summed E-state index contributed by atoms with van der Waals surface area (Å²) in [6.45, 7) is -0.0281. The van der Waals surface area contributed by atoms with Gasteiger partial charge in [-0.15, -0.1) is 0 Å². The van der Waals surface area contributed by atoms with Crippen LogP contribution in [0.5, 0.6) is 5.75 Å². The molecule has 1 N–H and O–H groups in total.